The molecule has 4 N–H and O–H groups in total. The predicted molar refractivity (Wildman–Crippen MR) is 94.4 cm³/mol. The number of aromatic nitrogens is 2. The van der Waals surface area contributed by atoms with Crippen LogP contribution < -0.4 is 20.1 Å². The number of hydrogen-bond donors (Lipinski definition) is 4. The molecule has 3 heterocycles. The maximum absolute atomic E-state index is 11.8. The summed E-state index contributed by atoms with van der Waals surface area (Å²) in [5, 5.41) is 25.3. The molecule has 140 valence electrons. The lowest BCUT2D eigenvalue weighted by Crippen LogP contribution is -2.45. The Morgan fingerprint density at radius 3 is 2.41 bits per heavy atom. The van der Waals surface area contributed by atoms with E-state index in [2.05, 4.69) is 41.5 Å². The highest BCUT2D eigenvalue weighted by atomic mass is 79.9. The number of carbonyl (C=O) groups excluding carboxylic acids is 2. The number of aliphatic imine (C=N–C) groups is 1. The Morgan fingerprint density at radius 2 is 1.78 bits per heavy atom. The smallest absolute Gasteiger partial charge is 0.345 e. The fourth-order valence-corrected chi connectivity index (χ4v) is 2.99. The molecule has 0 saturated carbocycles. The van der Waals surface area contributed by atoms with Crippen molar-refractivity contribution < 1.29 is 29.3 Å². The van der Waals surface area contributed by atoms with Crippen molar-refractivity contribution in [2.45, 2.75) is 12.2 Å². The van der Waals surface area contributed by atoms with Crippen molar-refractivity contribution in [3.05, 3.63) is 16.6 Å². The Morgan fingerprint density at radius 1 is 1.11 bits per heavy atom. The minimum atomic E-state index is -2.09. The second-order valence-electron chi connectivity index (χ2n) is 5.64. The standard InChI is InChI=1S/C15H12BrN5O6/c16-7-5(20-15-17-3-4-18-15)1-2-6-8(7)21-12-11(19-6)26-13(24)9(22)10(23)14(25)27-12/h1-2,9-10,22-23H,3-4H2,(H2,17,18,20). The van der Waals surface area contributed by atoms with Crippen molar-refractivity contribution in [2.24, 2.45) is 4.99 Å². The van der Waals surface area contributed by atoms with Gasteiger partial charge in [0.2, 0.25) is 0 Å². The first-order chi connectivity index (χ1) is 12.9. The highest BCUT2D eigenvalue weighted by Crippen LogP contribution is 2.34. The van der Waals surface area contributed by atoms with Gasteiger partial charge in [0.15, 0.2) is 18.2 Å². The lowest BCUT2D eigenvalue weighted by molar-refractivity contribution is -0.165. The Hall–Kier alpha value is -2.83. The van der Waals surface area contributed by atoms with Crippen molar-refractivity contribution in [3.8, 4) is 11.8 Å². The molecule has 0 saturated heterocycles. The van der Waals surface area contributed by atoms with E-state index in [1.54, 1.807) is 12.1 Å². The highest BCUT2D eigenvalue weighted by Gasteiger charge is 2.38. The summed E-state index contributed by atoms with van der Waals surface area (Å²) >= 11 is 3.41. The number of ether oxygens (including phenoxy) is 2. The van der Waals surface area contributed by atoms with E-state index in [1.165, 1.54) is 0 Å². The van der Waals surface area contributed by atoms with Gasteiger partial charge in [-0.25, -0.2) is 19.6 Å². The normalized spacial score (nSPS) is 22.1. The van der Waals surface area contributed by atoms with Crippen LogP contribution in [0.1, 0.15) is 0 Å². The van der Waals surface area contributed by atoms with Crippen LogP contribution in [0.4, 0.5) is 5.69 Å². The second-order valence-corrected chi connectivity index (χ2v) is 6.44. The Kier molecular flexibility index (Phi) is 4.37. The number of nitrogens with zero attached hydrogens (tertiary/aromatic N) is 3. The van der Waals surface area contributed by atoms with Crippen molar-refractivity contribution in [3.63, 3.8) is 0 Å². The second kappa shape index (κ2) is 6.72. The minimum Gasteiger partial charge on any atom is -0.400 e. The summed E-state index contributed by atoms with van der Waals surface area (Å²) in [6.45, 7) is 1.40. The molecule has 2 aliphatic rings. The van der Waals surface area contributed by atoms with Crippen molar-refractivity contribution in [1.29, 1.82) is 0 Å². The number of halogens is 1. The zero-order chi connectivity index (χ0) is 19.1. The molecule has 0 aliphatic carbocycles. The first-order valence-corrected chi connectivity index (χ1v) is 8.58. The van der Waals surface area contributed by atoms with E-state index in [1.807, 2.05) is 0 Å². The number of fused-ring (bicyclic) bond motifs is 2. The van der Waals surface area contributed by atoms with Crippen molar-refractivity contribution >= 4 is 50.5 Å². The SMILES string of the molecule is O=C1Oc2nc3ccc(NC4=NCCN4)c(Br)c3nc2OC(=O)C(O)C1O. The average molecular weight is 438 g/mol. The molecular formula is C15H12BrN5O6. The Balaban J connectivity index is 1.78. The maximum atomic E-state index is 11.8. The first-order valence-electron chi connectivity index (χ1n) is 7.79. The lowest BCUT2D eigenvalue weighted by atomic mass is 10.2. The van der Waals surface area contributed by atoms with E-state index in [0.717, 1.165) is 6.54 Å². The first kappa shape index (κ1) is 17.6. The van der Waals surface area contributed by atoms with E-state index in [0.29, 0.717) is 33.7 Å². The van der Waals surface area contributed by atoms with Crippen LogP contribution in [-0.4, -0.2) is 63.4 Å². The van der Waals surface area contributed by atoms with Gasteiger partial charge >= 0.3 is 11.9 Å². The third-order valence-corrected chi connectivity index (χ3v) is 4.62. The number of esters is 2. The van der Waals surface area contributed by atoms with Gasteiger partial charge < -0.3 is 30.3 Å². The van der Waals surface area contributed by atoms with E-state index < -0.39 is 30.0 Å². The fraction of sp³-hybridized carbons (Fsp3) is 0.267. The molecule has 2 aromatic rings. The summed E-state index contributed by atoms with van der Waals surface area (Å²) in [6.07, 6.45) is -4.17. The number of rotatable bonds is 1. The van der Waals surface area contributed by atoms with Crippen LogP contribution in [0.5, 0.6) is 11.8 Å². The van der Waals surface area contributed by atoms with Gasteiger partial charge in [0.1, 0.15) is 5.52 Å². The van der Waals surface area contributed by atoms with Gasteiger partial charge in [-0.05, 0) is 28.1 Å². The zero-order valence-corrected chi connectivity index (χ0v) is 15.1. The number of aliphatic hydroxyl groups excluding tert-OH is 2. The van der Waals surface area contributed by atoms with Crippen LogP contribution in [0.2, 0.25) is 0 Å². The summed E-state index contributed by atoms with van der Waals surface area (Å²) in [6, 6.07) is 3.33. The molecule has 0 bridgehead atoms. The predicted octanol–water partition coefficient (Wildman–Crippen LogP) is -0.690. The summed E-state index contributed by atoms with van der Waals surface area (Å²) in [7, 11) is 0. The number of carbonyl (C=O) groups is 2. The van der Waals surface area contributed by atoms with Crippen LogP contribution in [0, 0.1) is 0 Å². The van der Waals surface area contributed by atoms with Gasteiger partial charge in [0.05, 0.1) is 22.2 Å². The van der Waals surface area contributed by atoms with Gasteiger partial charge in [-0.1, -0.05) is 0 Å². The molecule has 0 amide bonds. The lowest BCUT2D eigenvalue weighted by Gasteiger charge is -2.20. The number of nitrogens with one attached hydrogen (secondary N) is 2. The average Bonchev–Trinajstić information content (AvgIpc) is 3.16. The van der Waals surface area contributed by atoms with Crippen LogP contribution in [-0.2, 0) is 9.59 Å². The molecule has 0 fully saturated rings. The fourth-order valence-electron chi connectivity index (χ4n) is 2.47. The summed E-state index contributed by atoms with van der Waals surface area (Å²) in [5.41, 5.74) is 1.29. The van der Waals surface area contributed by atoms with Gasteiger partial charge in [-0.15, -0.1) is 0 Å². The molecule has 4 rings (SSSR count). The van der Waals surface area contributed by atoms with Gasteiger partial charge in [-0.2, -0.15) is 0 Å². The number of guanidine groups is 1. The molecule has 27 heavy (non-hydrogen) atoms. The van der Waals surface area contributed by atoms with E-state index in [4.69, 9.17) is 9.47 Å². The zero-order valence-electron chi connectivity index (χ0n) is 13.5. The molecule has 2 atom stereocenters. The summed E-state index contributed by atoms with van der Waals surface area (Å²) < 4.78 is 10.3. The quantitative estimate of drug-likeness (QED) is 0.421. The number of hydrogen-bond acceptors (Lipinski definition) is 11. The van der Waals surface area contributed by atoms with Crippen LogP contribution >= 0.6 is 15.9 Å². The molecular weight excluding hydrogens is 426 g/mol. The molecule has 2 unspecified atom stereocenters. The molecule has 0 spiro atoms. The monoisotopic (exact) mass is 437 g/mol. The Labute approximate surface area is 159 Å². The minimum absolute atomic E-state index is 0.316. The third-order valence-electron chi connectivity index (χ3n) is 3.82. The van der Waals surface area contributed by atoms with Crippen molar-refractivity contribution in [2.75, 3.05) is 18.4 Å². The van der Waals surface area contributed by atoms with E-state index >= 15 is 0 Å². The molecule has 2 aliphatic heterocycles. The number of benzene rings is 1. The topological polar surface area (TPSA) is 155 Å². The molecule has 1 aromatic carbocycles. The van der Waals surface area contributed by atoms with E-state index in [-0.39, 0.29) is 5.88 Å². The number of aliphatic hydroxyl groups is 2. The van der Waals surface area contributed by atoms with Crippen LogP contribution in [0.15, 0.2) is 21.6 Å². The maximum Gasteiger partial charge on any atom is 0.345 e. The highest BCUT2D eigenvalue weighted by molar-refractivity contribution is 9.10. The Bertz CT molecular complexity index is 996. The van der Waals surface area contributed by atoms with Gasteiger partial charge in [-0.3, -0.25) is 4.99 Å². The molecule has 1 aromatic heterocycles. The summed E-state index contributed by atoms with van der Waals surface area (Å²) in [4.78, 5) is 36.2. The van der Waals surface area contributed by atoms with Gasteiger partial charge in [0, 0.05) is 6.54 Å². The van der Waals surface area contributed by atoms with Crippen LogP contribution in [0.25, 0.3) is 11.0 Å². The molecule has 0 radical (unpaired) electrons. The van der Waals surface area contributed by atoms with Crippen molar-refractivity contribution in [1.82, 2.24) is 15.3 Å². The van der Waals surface area contributed by atoms with E-state index in [9.17, 15) is 19.8 Å². The largest absolute Gasteiger partial charge is 0.400 e. The third kappa shape index (κ3) is 3.18. The van der Waals surface area contributed by atoms with Gasteiger partial charge in [0.25, 0.3) is 11.8 Å². The summed E-state index contributed by atoms with van der Waals surface area (Å²) in [5.74, 6) is -2.67. The molecule has 12 heteroatoms. The van der Waals surface area contributed by atoms with Crippen LogP contribution in [0.3, 0.4) is 0 Å². The molecule has 11 nitrogen and oxygen atoms in total. The number of anilines is 1.